The highest BCUT2D eigenvalue weighted by Crippen LogP contribution is 2.41. The van der Waals surface area contributed by atoms with Crippen molar-refractivity contribution in [3.8, 4) is 17.3 Å². The molecular weight excluding hydrogens is 328 g/mol. The van der Waals surface area contributed by atoms with Gasteiger partial charge in [0.2, 0.25) is 0 Å². The van der Waals surface area contributed by atoms with E-state index in [-0.39, 0.29) is 5.41 Å². The van der Waals surface area contributed by atoms with Crippen LogP contribution in [0.5, 0.6) is 0 Å². The second-order valence-corrected chi connectivity index (χ2v) is 8.10. The lowest BCUT2D eigenvalue weighted by Crippen LogP contribution is -2.54. The van der Waals surface area contributed by atoms with Crippen molar-refractivity contribution in [1.29, 1.82) is 5.26 Å². The maximum Gasteiger partial charge on any atom is 0.0894 e. The molecule has 1 fully saturated rings. The Bertz CT molecular complexity index is 930. The zero-order chi connectivity index (χ0) is 17.4. The van der Waals surface area contributed by atoms with Crippen LogP contribution in [0.1, 0.15) is 13.8 Å². The van der Waals surface area contributed by atoms with Gasteiger partial charge in [-0.3, -0.25) is 4.98 Å². The normalized spacial score (nSPS) is 15.8. The molecule has 1 aromatic carbocycles. The van der Waals surface area contributed by atoms with E-state index >= 15 is 0 Å². The summed E-state index contributed by atoms with van der Waals surface area (Å²) in [6, 6.07) is 15.1. The number of aromatic nitrogens is 2. The van der Waals surface area contributed by atoms with Crippen molar-refractivity contribution in [3.63, 3.8) is 0 Å². The van der Waals surface area contributed by atoms with Crippen LogP contribution < -0.4 is 4.90 Å². The first-order valence-electron chi connectivity index (χ1n) is 8.49. The first-order chi connectivity index (χ1) is 12.1. The Hall–Kier alpha value is -2.45. The topological polar surface area (TPSA) is 55.7 Å². The molecule has 3 aromatic rings. The van der Waals surface area contributed by atoms with E-state index in [1.54, 1.807) is 0 Å². The molecular formula is C20H20N4S. The van der Waals surface area contributed by atoms with Gasteiger partial charge in [0, 0.05) is 35.4 Å². The van der Waals surface area contributed by atoms with Gasteiger partial charge in [-0.05, 0) is 49.1 Å². The molecule has 0 aliphatic carbocycles. The summed E-state index contributed by atoms with van der Waals surface area (Å²) < 4.78 is 0. The van der Waals surface area contributed by atoms with Crippen molar-refractivity contribution in [1.82, 2.24) is 9.97 Å². The number of aromatic amines is 1. The molecule has 1 N–H and O–H groups in total. The van der Waals surface area contributed by atoms with Gasteiger partial charge in [-0.1, -0.05) is 6.92 Å². The molecule has 1 aliphatic heterocycles. The molecule has 0 radical (unpaired) electrons. The highest BCUT2D eigenvalue weighted by atomic mass is 32.2. The molecule has 3 heterocycles. The van der Waals surface area contributed by atoms with Crippen LogP contribution in [-0.2, 0) is 0 Å². The van der Waals surface area contributed by atoms with E-state index in [2.05, 4.69) is 52.1 Å². The van der Waals surface area contributed by atoms with Gasteiger partial charge < -0.3 is 9.88 Å². The Labute approximate surface area is 151 Å². The van der Waals surface area contributed by atoms with Crippen LogP contribution in [0.25, 0.3) is 22.3 Å². The molecule has 0 bridgehead atoms. The van der Waals surface area contributed by atoms with Crippen LogP contribution in [0.3, 0.4) is 0 Å². The first-order valence-corrected chi connectivity index (χ1v) is 9.47. The third-order valence-corrected chi connectivity index (χ3v) is 5.52. The van der Waals surface area contributed by atoms with Crippen LogP contribution in [0.2, 0.25) is 0 Å². The zero-order valence-corrected chi connectivity index (χ0v) is 15.2. The molecule has 1 aliphatic rings. The Kier molecular flexibility index (Phi) is 3.93. The summed E-state index contributed by atoms with van der Waals surface area (Å²) in [4.78, 5) is 11.5. The van der Waals surface area contributed by atoms with Crippen LogP contribution in [0, 0.1) is 16.7 Å². The molecule has 2 aromatic heterocycles. The molecule has 0 amide bonds. The molecule has 0 unspecified atom stereocenters. The fourth-order valence-corrected chi connectivity index (χ4v) is 4.10. The summed E-state index contributed by atoms with van der Waals surface area (Å²) in [5.74, 6) is 1.04. The Morgan fingerprint density at radius 1 is 1.32 bits per heavy atom. The number of anilines is 1. The average molecular weight is 348 g/mol. The van der Waals surface area contributed by atoms with E-state index in [0.717, 1.165) is 35.6 Å². The van der Waals surface area contributed by atoms with Gasteiger partial charge >= 0.3 is 0 Å². The summed E-state index contributed by atoms with van der Waals surface area (Å²) in [7, 11) is 0. The summed E-state index contributed by atoms with van der Waals surface area (Å²) in [5.41, 5.74) is 5.21. The van der Waals surface area contributed by atoms with Crippen molar-refractivity contribution < 1.29 is 0 Å². The number of nitrogens with zero attached hydrogens (tertiary/aromatic N) is 3. The Morgan fingerprint density at radius 3 is 2.88 bits per heavy atom. The minimum atomic E-state index is -0.240. The van der Waals surface area contributed by atoms with Crippen LogP contribution in [0.15, 0.2) is 47.5 Å². The van der Waals surface area contributed by atoms with Gasteiger partial charge in [0.25, 0.3) is 0 Å². The monoisotopic (exact) mass is 348 g/mol. The highest BCUT2D eigenvalue weighted by Gasteiger charge is 2.40. The quantitative estimate of drug-likeness (QED) is 0.695. The number of nitrogens with one attached hydrogen (secondary N) is 1. The summed E-state index contributed by atoms with van der Waals surface area (Å²) >= 11 is 1.84. The molecule has 4 nitrogen and oxygen atoms in total. The first kappa shape index (κ1) is 16.0. The van der Waals surface area contributed by atoms with Gasteiger partial charge in [0.1, 0.15) is 0 Å². The molecule has 0 atom stereocenters. The largest absolute Gasteiger partial charge is 0.368 e. The lowest BCUT2D eigenvalue weighted by molar-refractivity contribution is 0.337. The fourth-order valence-electron chi connectivity index (χ4n) is 3.40. The summed E-state index contributed by atoms with van der Waals surface area (Å²) in [6.45, 7) is 5.74. The third kappa shape index (κ3) is 2.87. The van der Waals surface area contributed by atoms with E-state index < -0.39 is 0 Å². The number of hydrogen-bond donors (Lipinski definition) is 1. The van der Waals surface area contributed by atoms with Crippen LogP contribution in [-0.4, -0.2) is 28.8 Å². The summed E-state index contributed by atoms with van der Waals surface area (Å²) in [6.07, 6.45) is 1.82. The van der Waals surface area contributed by atoms with E-state index in [0.29, 0.717) is 0 Å². The molecule has 0 saturated carbocycles. The molecule has 25 heavy (non-hydrogen) atoms. The number of thioether (sulfide) groups is 1. The highest BCUT2D eigenvalue weighted by molar-refractivity contribution is 7.99. The second kappa shape index (κ2) is 6.12. The van der Waals surface area contributed by atoms with Gasteiger partial charge in [-0.25, -0.2) is 0 Å². The lowest BCUT2D eigenvalue weighted by atomic mass is 9.83. The van der Waals surface area contributed by atoms with Gasteiger partial charge in [-0.15, -0.1) is 11.8 Å². The standard InChI is InChI=1S/C20H20N4S/c1-3-25-14-6-7-19(24-12-20(2,11-21)13-24)15(9-14)17-10-18-16(23-17)5-4-8-22-18/h4-10,23H,3,12-13H2,1-2H3. The minimum absolute atomic E-state index is 0.240. The van der Waals surface area contributed by atoms with Crippen molar-refractivity contribution in [2.45, 2.75) is 18.7 Å². The van der Waals surface area contributed by atoms with Gasteiger partial charge in [-0.2, -0.15) is 5.26 Å². The minimum Gasteiger partial charge on any atom is -0.368 e. The lowest BCUT2D eigenvalue weighted by Gasteiger charge is -2.45. The second-order valence-electron chi connectivity index (χ2n) is 6.76. The smallest absolute Gasteiger partial charge is 0.0894 e. The Balaban J connectivity index is 1.78. The van der Waals surface area contributed by atoms with Crippen LogP contribution >= 0.6 is 11.8 Å². The molecule has 126 valence electrons. The zero-order valence-electron chi connectivity index (χ0n) is 14.4. The summed E-state index contributed by atoms with van der Waals surface area (Å²) in [5, 5.41) is 9.31. The fraction of sp³-hybridized carbons (Fsp3) is 0.300. The molecule has 5 heteroatoms. The van der Waals surface area contributed by atoms with E-state index in [1.165, 1.54) is 16.1 Å². The van der Waals surface area contributed by atoms with E-state index in [4.69, 9.17) is 0 Å². The third-order valence-electron chi connectivity index (χ3n) is 4.65. The molecule has 4 rings (SSSR count). The van der Waals surface area contributed by atoms with Crippen molar-refractivity contribution in [2.24, 2.45) is 5.41 Å². The number of rotatable bonds is 4. The SMILES string of the molecule is CCSc1ccc(N2CC(C)(C#N)C2)c(-c2cc3ncccc3[nH]2)c1. The predicted molar refractivity (Wildman–Crippen MR) is 104 cm³/mol. The molecule has 0 spiro atoms. The Morgan fingerprint density at radius 2 is 2.16 bits per heavy atom. The van der Waals surface area contributed by atoms with E-state index in [9.17, 15) is 5.26 Å². The number of fused-ring (bicyclic) bond motifs is 1. The number of H-pyrrole nitrogens is 1. The number of nitriles is 1. The van der Waals surface area contributed by atoms with Gasteiger partial charge in [0.15, 0.2) is 0 Å². The van der Waals surface area contributed by atoms with Crippen LogP contribution in [0.4, 0.5) is 5.69 Å². The number of benzene rings is 1. The van der Waals surface area contributed by atoms with Crippen molar-refractivity contribution >= 4 is 28.5 Å². The maximum absolute atomic E-state index is 9.31. The van der Waals surface area contributed by atoms with Gasteiger partial charge in [0.05, 0.1) is 28.2 Å². The number of pyridine rings is 1. The average Bonchev–Trinajstić information content (AvgIpc) is 3.03. The number of hydrogen-bond acceptors (Lipinski definition) is 4. The van der Waals surface area contributed by atoms with Crippen molar-refractivity contribution in [2.75, 3.05) is 23.7 Å². The van der Waals surface area contributed by atoms with Crippen molar-refractivity contribution in [3.05, 3.63) is 42.6 Å². The predicted octanol–water partition coefficient (Wildman–Crippen LogP) is 4.69. The molecule has 1 saturated heterocycles. The maximum atomic E-state index is 9.31. The van der Waals surface area contributed by atoms with E-state index in [1.807, 2.05) is 37.0 Å².